The van der Waals surface area contributed by atoms with Crippen LogP contribution in [0, 0.1) is 5.92 Å². The maximum atomic E-state index is 12.6. The molecule has 1 aromatic rings. The van der Waals surface area contributed by atoms with Gasteiger partial charge in [0.25, 0.3) is 0 Å². The summed E-state index contributed by atoms with van der Waals surface area (Å²) in [6, 6.07) is 9.37. The Morgan fingerprint density at radius 1 is 1.08 bits per heavy atom. The number of nitrogens with zero attached hydrogens (tertiary/aromatic N) is 1. The lowest BCUT2D eigenvalue weighted by Crippen LogP contribution is -2.37. The molecule has 0 unspecified atom stereocenters. The quantitative estimate of drug-likeness (QED) is 0.761. The van der Waals surface area contributed by atoms with E-state index < -0.39 is 0 Å². The van der Waals surface area contributed by atoms with E-state index in [0.717, 1.165) is 24.6 Å². The summed E-state index contributed by atoms with van der Waals surface area (Å²) in [6.45, 7) is 1.30. The molecule has 0 saturated heterocycles. The molecule has 0 radical (unpaired) electrons. The van der Waals surface area contributed by atoms with Crippen molar-refractivity contribution in [3.8, 4) is 0 Å². The predicted molar refractivity (Wildman–Crippen MR) is 96.7 cm³/mol. The van der Waals surface area contributed by atoms with E-state index in [9.17, 15) is 9.59 Å². The molecule has 2 rings (SSSR count). The molecule has 132 valence electrons. The van der Waals surface area contributed by atoms with Crippen LogP contribution in [-0.2, 0) is 4.79 Å². The Morgan fingerprint density at radius 2 is 1.79 bits per heavy atom. The molecule has 0 aromatic heterocycles. The third-order valence-corrected chi connectivity index (χ3v) is 4.70. The van der Waals surface area contributed by atoms with Crippen LogP contribution in [0.3, 0.4) is 0 Å². The average Bonchev–Trinajstić information content (AvgIpc) is 2.59. The first kappa shape index (κ1) is 18.3. The van der Waals surface area contributed by atoms with Crippen LogP contribution in [0.5, 0.6) is 0 Å². The van der Waals surface area contributed by atoms with Gasteiger partial charge in [-0.2, -0.15) is 0 Å². The second-order valence-electron chi connectivity index (χ2n) is 6.65. The normalized spacial score (nSPS) is 15.0. The molecule has 1 saturated carbocycles. The van der Waals surface area contributed by atoms with Crippen molar-refractivity contribution in [3.63, 3.8) is 0 Å². The van der Waals surface area contributed by atoms with Crippen molar-refractivity contribution >= 4 is 17.6 Å². The summed E-state index contributed by atoms with van der Waals surface area (Å²) in [4.78, 5) is 25.3. The largest absolute Gasteiger partial charge is 0.370 e. The highest BCUT2D eigenvalue weighted by Crippen LogP contribution is 2.26. The van der Waals surface area contributed by atoms with Crippen molar-refractivity contribution in [2.24, 2.45) is 11.7 Å². The van der Waals surface area contributed by atoms with Crippen molar-refractivity contribution in [1.29, 1.82) is 0 Å². The van der Waals surface area contributed by atoms with E-state index in [2.05, 4.69) is 5.32 Å². The Bertz CT molecular complexity index is 513. The summed E-state index contributed by atoms with van der Waals surface area (Å²) in [6.07, 6.45) is 8.48. The summed E-state index contributed by atoms with van der Waals surface area (Å²) in [7, 11) is 0. The Balaban J connectivity index is 1.87. The Kier molecular flexibility index (Phi) is 7.59. The first-order chi connectivity index (χ1) is 11.6. The summed E-state index contributed by atoms with van der Waals surface area (Å²) in [5.74, 6) is 0.410. The van der Waals surface area contributed by atoms with Gasteiger partial charge in [-0.25, -0.2) is 4.79 Å². The fourth-order valence-corrected chi connectivity index (χ4v) is 3.30. The maximum absolute atomic E-state index is 12.6. The van der Waals surface area contributed by atoms with Crippen LogP contribution >= 0.6 is 0 Å². The van der Waals surface area contributed by atoms with Gasteiger partial charge in [0, 0.05) is 25.2 Å². The minimum absolute atomic E-state index is 0.0959. The van der Waals surface area contributed by atoms with Gasteiger partial charge < -0.3 is 16.0 Å². The number of nitrogens with two attached hydrogens (primary N) is 1. The number of benzene rings is 1. The molecule has 24 heavy (non-hydrogen) atoms. The third kappa shape index (κ3) is 6.60. The second-order valence-corrected chi connectivity index (χ2v) is 6.65. The number of carbonyl (C=O) groups is 2. The minimum Gasteiger partial charge on any atom is -0.370 e. The molecule has 5 heteroatoms. The molecule has 1 aliphatic rings. The van der Waals surface area contributed by atoms with Gasteiger partial charge in [-0.1, -0.05) is 50.3 Å². The summed E-state index contributed by atoms with van der Waals surface area (Å²) in [5, 5.41) is 2.94. The summed E-state index contributed by atoms with van der Waals surface area (Å²) >= 11 is 0. The monoisotopic (exact) mass is 331 g/mol. The molecular formula is C19H29N3O2. The first-order valence-electron chi connectivity index (χ1n) is 9.04. The molecule has 3 amide bonds. The fourth-order valence-electron chi connectivity index (χ4n) is 3.30. The molecule has 1 fully saturated rings. The lowest BCUT2D eigenvalue weighted by atomic mass is 9.87. The van der Waals surface area contributed by atoms with E-state index in [1.165, 1.54) is 32.1 Å². The van der Waals surface area contributed by atoms with Crippen LogP contribution in [-0.4, -0.2) is 29.9 Å². The van der Waals surface area contributed by atoms with Crippen LogP contribution in [0.4, 0.5) is 10.5 Å². The van der Waals surface area contributed by atoms with Gasteiger partial charge >= 0.3 is 6.03 Å². The van der Waals surface area contributed by atoms with Crippen LogP contribution in [0.25, 0.3) is 0 Å². The number of urea groups is 1. The number of hydrogen-bond donors (Lipinski definition) is 2. The number of carbonyl (C=O) groups excluding carboxylic acids is 2. The number of rotatable bonds is 8. The number of hydrogen-bond acceptors (Lipinski definition) is 2. The topological polar surface area (TPSA) is 75.4 Å². The molecule has 0 aliphatic heterocycles. The smallest absolute Gasteiger partial charge is 0.321 e. The number of amides is 3. The van der Waals surface area contributed by atoms with Crippen LogP contribution in [0.15, 0.2) is 30.3 Å². The highest BCUT2D eigenvalue weighted by atomic mass is 16.2. The molecule has 0 heterocycles. The maximum Gasteiger partial charge on any atom is 0.321 e. The third-order valence-electron chi connectivity index (χ3n) is 4.70. The zero-order valence-electron chi connectivity index (χ0n) is 14.4. The summed E-state index contributed by atoms with van der Waals surface area (Å²) < 4.78 is 0. The Labute approximate surface area is 144 Å². The average molecular weight is 331 g/mol. The first-order valence-corrected chi connectivity index (χ1v) is 9.04. The van der Waals surface area contributed by atoms with Gasteiger partial charge in [-0.15, -0.1) is 0 Å². The molecule has 0 atom stereocenters. The van der Waals surface area contributed by atoms with Gasteiger partial charge in [0.1, 0.15) is 0 Å². The molecular weight excluding hydrogens is 302 g/mol. The number of primary amides is 1. The van der Waals surface area contributed by atoms with Crippen molar-refractivity contribution in [2.45, 2.75) is 51.4 Å². The highest BCUT2D eigenvalue weighted by molar-refractivity contribution is 5.89. The van der Waals surface area contributed by atoms with E-state index in [4.69, 9.17) is 5.73 Å². The molecule has 0 spiro atoms. The minimum atomic E-state index is -0.314. The molecule has 1 aromatic carbocycles. The van der Waals surface area contributed by atoms with Gasteiger partial charge in [-0.3, -0.25) is 4.79 Å². The Morgan fingerprint density at radius 3 is 2.46 bits per heavy atom. The van der Waals surface area contributed by atoms with E-state index in [1.807, 2.05) is 35.2 Å². The van der Waals surface area contributed by atoms with Crippen molar-refractivity contribution < 1.29 is 9.59 Å². The number of nitrogens with one attached hydrogen (secondary N) is 1. The second kappa shape index (κ2) is 9.96. The summed E-state index contributed by atoms with van der Waals surface area (Å²) in [5.41, 5.74) is 6.00. The lowest BCUT2D eigenvalue weighted by Gasteiger charge is -2.27. The molecule has 1 aliphatic carbocycles. The van der Waals surface area contributed by atoms with Gasteiger partial charge in [0.15, 0.2) is 0 Å². The van der Waals surface area contributed by atoms with Gasteiger partial charge in [0.05, 0.1) is 0 Å². The molecule has 3 N–H and O–H groups in total. The van der Waals surface area contributed by atoms with E-state index in [1.54, 1.807) is 0 Å². The van der Waals surface area contributed by atoms with Crippen LogP contribution < -0.4 is 11.1 Å². The SMILES string of the molecule is NC(=O)CCCN(CCC1CCCCC1)C(=O)Nc1ccccc1. The predicted octanol–water partition coefficient (Wildman–Crippen LogP) is 3.76. The van der Waals surface area contributed by atoms with E-state index in [0.29, 0.717) is 19.4 Å². The lowest BCUT2D eigenvalue weighted by molar-refractivity contribution is -0.118. The van der Waals surface area contributed by atoms with E-state index in [-0.39, 0.29) is 11.9 Å². The zero-order valence-corrected chi connectivity index (χ0v) is 14.4. The van der Waals surface area contributed by atoms with Crippen molar-refractivity contribution in [3.05, 3.63) is 30.3 Å². The molecule has 5 nitrogen and oxygen atoms in total. The van der Waals surface area contributed by atoms with Crippen LogP contribution in [0.2, 0.25) is 0 Å². The van der Waals surface area contributed by atoms with Crippen molar-refractivity contribution in [2.75, 3.05) is 18.4 Å². The highest BCUT2D eigenvalue weighted by Gasteiger charge is 2.18. The zero-order chi connectivity index (χ0) is 17.2. The van der Waals surface area contributed by atoms with Gasteiger partial charge in [0.2, 0.25) is 5.91 Å². The Hall–Kier alpha value is -2.04. The van der Waals surface area contributed by atoms with Gasteiger partial charge in [-0.05, 0) is 30.9 Å². The fraction of sp³-hybridized carbons (Fsp3) is 0.579. The molecule has 0 bridgehead atoms. The number of para-hydroxylation sites is 1. The van der Waals surface area contributed by atoms with E-state index >= 15 is 0 Å². The number of anilines is 1. The van der Waals surface area contributed by atoms with Crippen LogP contribution in [0.1, 0.15) is 51.4 Å². The van der Waals surface area contributed by atoms with Crippen molar-refractivity contribution in [1.82, 2.24) is 4.90 Å². The standard InChI is InChI=1S/C19H29N3O2/c20-18(23)12-7-14-22(15-13-16-8-3-1-4-9-16)19(24)21-17-10-5-2-6-11-17/h2,5-6,10-11,16H,1,3-4,7-9,12-15H2,(H2,20,23)(H,21,24).